The first-order valence-corrected chi connectivity index (χ1v) is 5.29. The number of hydrogen-bond donors (Lipinski definition) is 0. The Morgan fingerprint density at radius 2 is 2.00 bits per heavy atom. The molecule has 0 saturated heterocycles. The minimum Gasteiger partial charge on any atom is -0.435 e. The van der Waals surface area contributed by atoms with Gasteiger partial charge in [0.1, 0.15) is 17.2 Å². The predicted octanol–water partition coefficient (Wildman–Crippen LogP) is 2.08. The Labute approximate surface area is 108 Å². The number of hydrogen-bond acceptors (Lipinski definition) is 4. The summed E-state index contributed by atoms with van der Waals surface area (Å²) >= 11 is 0. The summed E-state index contributed by atoms with van der Waals surface area (Å²) < 4.78 is 35.3. The summed E-state index contributed by atoms with van der Waals surface area (Å²) in [7, 11) is 1.31. The van der Waals surface area contributed by atoms with E-state index >= 15 is 0 Å². The summed E-state index contributed by atoms with van der Waals surface area (Å²) in [4.78, 5) is 22.9. The van der Waals surface area contributed by atoms with Crippen molar-refractivity contribution < 1.29 is 27.8 Å². The van der Waals surface area contributed by atoms with E-state index in [4.69, 9.17) is 0 Å². The summed E-state index contributed by atoms with van der Waals surface area (Å²) in [5.41, 5.74) is -0.427. The molecule has 0 N–H and O–H groups in total. The third kappa shape index (κ3) is 4.26. The van der Waals surface area contributed by atoms with Crippen LogP contribution in [0.5, 0.6) is 0 Å². The number of benzene rings is 1. The third-order valence-corrected chi connectivity index (χ3v) is 2.17. The van der Waals surface area contributed by atoms with Gasteiger partial charge in [-0.05, 0) is 25.1 Å². The van der Waals surface area contributed by atoms with Gasteiger partial charge < -0.3 is 9.47 Å². The van der Waals surface area contributed by atoms with Gasteiger partial charge in [-0.2, -0.15) is 0 Å². The van der Waals surface area contributed by atoms with Crippen molar-refractivity contribution in [3.63, 3.8) is 0 Å². The molecule has 19 heavy (non-hydrogen) atoms. The van der Waals surface area contributed by atoms with Gasteiger partial charge in [-0.25, -0.2) is 13.6 Å². The third-order valence-electron chi connectivity index (χ3n) is 2.17. The zero-order valence-electron chi connectivity index (χ0n) is 10.4. The number of carbonyl (C=O) groups excluding carboxylic acids is 2. The van der Waals surface area contributed by atoms with Gasteiger partial charge in [-0.15, -0.1) is 0 Å². The lowest BCUT2D eigenvalue weighted by Crippen LogP contribution is -2.15. The summed E-state index contributed by atoms with van der Waals surface area (Å²) in [5.74, 6) is -3.15. The second-order valence-corrected chi connectivity index (χ2v) is 3.62. The Bertz CT molecular complexity index is 523. The molecule has 0 heterocycles. The van der Waals surface area contributed by atoms with E-state index in [0.717, 1.165) is 25.1 Å². The molecule has 0 saturated carbocycles. The van der Waals surface area contributed by atoms with Crippen LogP contribution in [0.4, 0.5) is 8.78 Å². The fraction of sp³-hybridized carbons (Fsp3) is 0.231. The molecule has 0 aliphatic heterocycles. The van der Waals surface area contributed by atoms with Crippen LogP contribution < -0.4 is 0 Å². The topological polar surface area (TPSA) is 52.6 Å². The smallest absolute Gasteiger partial charge is 0.343 e. The molecule has 0 aliphatic carbocycles. The molecule has 0 bridgehead atoms. The van der Waals surface area contributed by atoms with Crippen molar-refractivity contribution in [1.82, 2.24) is 0 Å². The molecular formula is C13H12F2O4. The monoisotopic (exact) mass is 270 g/mol. The molecule has 102 valence electrons. The van der Waals surface area contributed by atoms with Gasteiger partial charge in [-0.1, -0.05) is 0 Å². The molecule has 4 nitrogen and oxygen atoms in total. The highest BCUT2D eigenvalue weighted by Gasteiger charge is 2.17. The fourth-order valence-corrected chi connectivity index (χ4v) is 1.27. The first kappa shape index (κ1) is 15.0. The average Bonchev–Trinajstić information content (AvgIpc) is 2.34. The quantitative estimate of drug-likeness (QED) is 0.270. The van der Waals surface area contributed by atoms with Crippen LogP contribution in [-0.2, 0) is 19.1 Å². The van der Waals surface area contributed by atoms with E-state index in [9.17, 15) is 18.4 Å². The lowest BCUT2D eigenvalue weighted by molar-refractivity contribution is -0.149. The Morgan fingerprint density at radius 3 is 2.53 bits per heavy atom. The van der Waals surface area contributed by atoms with E-state index in [1.807, 2.05) is 0 Å². The molecule has 0 aliphatic rings. The van der Waals surface area contributed by atoms with Crippen molar-refractivity contribution >= 4 is 17.8 Å². The SMILES string of the molecule is COCOC(=O)C(=Cc1ccc(F)cc1F)C(C)=O. The van der Waals surface area contributed by atoms with Gasteiger partial charge in [0, 0.05) is 18.7 Å². The number of Topliss-reactive ketones (excluding diaryl/α,β-unsaturated/α-hetero) is 1. The summed E-state index contributed by atoms with van der Waals surface area (Å²) in [6.07, 6.45) is 1.01. The van der Waals surface area contributed by atoms with Crippen LogP contribution in [-0.4, -0.2) is 25.7 Å². The highest BCUT2D eigenvalue weighted by Crippen LogP contribution is 2.15. The Hall–Kier alpha value is -2.08. The lowest BCUT2D eigenvalue weighted by Gasteiger charge is -2.05. The summed E-state index contributed by atoms with van der Waals surface area (Å²) in [6, 6.07) is 2.80. The van der Waals surface area contributed by atoms with Crippen molar-refractivity contribution in [3.05, 3.63) is 41.0 Å². The van der Waals surface area contributed by atoms with Crippen LogP contribution >= 0.6 is 0 Å². The average molecular weight is 270 g/mol. The van der Waals surface area contributed by atoms with Gasteiger partial charge in [-0.3, -0.25) is 4.79 Å². The first-order valence-electron chi connectivity index (χ1n) is 5.29. The van der Waals surface area contributed by atoms with Crippen molar-refractivity contribution in [2.24, 2.45) is 0 Å². The minimum atomic E-state index is -0.932. The molecule has 0 radical (unpaired) electrons. The van der Waals surface area contributed by atoms with Gasteiger partial charge in [0.05, 0.1) is 0 Å². The molecular weight excluding hydrogens is 258 g/mol. The second kappa shape index (κ2) is 6.75. The summed E-state index contributed by atoms with van der Waals surface area (Å²) in [6.45, 7) is 0.816. The van der Waals surface area contributed by atoms with Gasteiger partial charge in [0.2, 0.25) is 0 Å². The van der Waals surface area contributed by atoms with Gasteiger partial charge in [0.25, 0.3) is 0 Å². The van der Waals surface area contributed by atoms with Gasteiger partial charge >= 0.3 is 5.97 Å². The van der Waals surface area contributed by atoms with E-state index < -0.39 is 23.4 Å². The lowest BCUT2D eigenvalue weighted by atomic mass is 10.1. The molecule has 0 fully saturated rings. The van der Waals surface area contributed by atoms with E-state index in [1.54, 1.807) is 0 Å². The highest BCUT2D eigenvalue weighted by molar-refractivity contribution is 6.19. The van der Waals surface area contributed by atoms with E-state index in [-0.39, 0.29) is 17.9 Å². The van der Waals surface area contributed by atoms with Crippen LogP contribution in [0, 0.1) is 11.6 Å². The van der Waals surface area contributed by atoms with E-state index in [2.05, 4.69) is 9.47 Å². The van der Waals surface area contributed by atoms with E-state index in [0.29, 0.717) is 6.07 Å². The number of ether oxygens (including phenoxy) is 2. The van der Waals surface area contributed by atoms with Crippen molar-refractivity contribution in [2.45, 2.75) is 6.92 Å². The molecule has 0 amide bonds. The number of carbonyl (C=O) groups is 2. The predicted molar refractivity (Wildman–Crippen MR) is 63.0 cm³/mol. The maximum atomic E-state index is 13.4. The normalized spacial score (nSPS) is 11.3. The van der Waals surface area contributed by atoms with Crippen LogP contribution in [0.2, 0.25) is 0 Å². The number of rotatable bonds is 5. The maximum Gasteiger partial charge on any atom is 0.343 e. The number of methoxy groups -OCH3 is 1. The highest BCUT2D eigenvalue weighted by atomic mass is 19.1. The molecule has 0 atom stereocenters. The number of halogens is 2. The van der Waals surface area contributed by atoms with Crippen molar-refractivity contribution in [3.8, 4) is 0 Å². The minimum absolute atomic E-state index is 0.0824. The molecule has 0 aromatic heterocycles. The Morgan fingerprint density at radius 1 is 1.32 bits per heavy atom. The number of esters is 1. The standard InChI is InChI=1S/C13H12F2O4/c1-8(16)11(13(17)19-7-18-2)5-9-3-4-10(14)6-12(9)15/h3-6H,7H2,1-2H3. The van der Waals surface area contributed by atoms with E-state index in [1.165, 1.54) is 7.11 Å². The second-order valence-electron chi connectivity index (χ2n) is 3.62. The molecule has 6 heteroatoms. The van der Waals surface area contributed by atoms with Crippen LogP contribution in [0.1, 0.15) is 12.5 Å². The Balaban J connectivity index is 3.07. The van der Waals surface area contributed by atoms with Crippen LogP contribution in [0.3, 0.4) is 0 Å². The molecule has 0 unspecified atom stereocenters. The van der Waals surface area contributed by atoms with Crippen LogP contribution in [0.25, 0.3) is 6.08 Å². The zero-order valence-corrected chi connectivity index (χ0v) is 10.4. The molecule has 1 aromatic rings. The molecule has 1 rings (SSSR count). The fourth-order valence-electron chi connectivity index (χ4n) is 1.27. The zero-order chi connectivity index (χ0) is 14.4. The van der Waals surface area contributed by atoms with Crippen molar-refractivity contribution in [1.29, 1.82) is 0 Å². The first-order chi connectivity index (χ1) is 8.95. The number of ketones is 1. The largest absolute Gasteiger partial charge is 0.435 e. The molecule has 1 aromatic carbocycles. The van der Waals surface area contributed by atoms with Crippen LogP contribution in [0.15, 0.2) is 23.8 Å². The molecule has 0 spiro atoms. The Kier molecular flexibility index (Phi) is 5.32. The van der Waals surface area contributed by atoms with Crippen molar-refractivity contribution in [2.75, 3.05) is 13.9 Å². The maximum absolute atomic E-state index is 13.4. The summed E-state index contributed by atoms with van der Waals surface area (Å²) in [5, 5.41) is 0. The van der Waals surface area contributed by atoms with Gasteiger partial charge in [0.15, 0.2) is 12.6 Å².